The molecule has 1 aliphatic heterocycles. The summed E-state index contributed by atoms with van der Waals surface area (Å²) >= 11 is 0. The molecule has 0 aromatic carbocycles. The maximum atomic E-state index is 12.0. The number of rotatable bonds is 1. The van der Waals surface area contributed by atoms with Crippen LogP contribution in [-0.4, -0.2) is 37.2 Å². The van der Waals surface area contributed by atoms with E-state index in [4.69, 9.17) is 0 Å². The summed E-state index contributed by atoms with van der Waals surface area (Å²) in [6.45, 7) is 0.988. The van der Waals surface area contributed by atoms with E-state index in [9.17, 15) is 18.0 Å². The quantitative estimate of drug-likeness (QED) is 0.700. The number of alkyl halides is 3. The second-order valence-electron chi connectivity index (χ2n) is 2.80. The Morgan fingerprint density at radius 1 is 1.60 bits per heavy atom. The van der Waals surface area contributed by atoms with Crippen molar-refractivity contribution in [3.05, 3.63) is 0 Å². The summed E-state index contributed by atoms with van der Waals surface area (Å²) in [5.41, 5.74) is 0. The van der Waals surface area contributed by atoms with Crippen LogP contribution in [0.1, 0.15) is 6.92 Å². The third-order valence-electron chi connectivity index (χ3n) is 1.55. The smallest absolute Gasteiger partial charge is 0.448 e. The number of nitrogens with one attached hydrogen (secondary N) is 1. The normalized spacial score (nSPS) is 20.8. The minimum absolute atomic E-state index is 0. The van der Waals surface area contributed by atoms with E-state index in [1.54, 1.807) is 0 Å². The molecule has 1 unspecified atom stereocenters. The molecule has 1 N–H and O–H groups in total. The maximum Gasteiger partial charge on any atom is 0.448 e. The van der Waals surface area contributed by atoms with Gasteiger partial charge >= 0.3 is 12.1 Å². The van der Waals surface area contributed by atoms with Gasteiger partial charge in [-0.1, -0.05) is 0 Å². The SMILES string of the molecule is CC(=O)OC1CN=C(C(F)(F)F)NC1.Cl. The van der Waals surface area contributed by atoms with Crippen LogP contribution in [0.25, 0.3) is 0 Å². The van der Waals surface area contributed by atoms with Gasteiger partial charge in [-0.25, -0.2) is 0 Å². The van der Waals surface area contributed by atoms with Crippen molar-refractivity contribution in [3.63, 3.8) is 0 Å². The Kier molecular flexibility index (Phi) is 4.86. The minimum atomic E-state index is -4.46. The van der Waals surface area contributed by atoms with Gasteiger partial charge < -0.3 is 10.1 Å². The third kappa shape index (κ3) is 4.37. The molecule has 0 spiro atoms. The first-order valence-electron chi connectivity index (χ1n) is 3.92. The largest absolute Gasteiger partial charge is 0.459 e. The highest BCUT2D eigenvalue weighted by atomic mass is 35.5. The van der Waals surface area contributed by atoms with Gasteiger partial charge in [0.25, 0.3) is 0 Å². The van der Waals surface area contributed by atoms with E-state index in [-0.39, 0.29) is 25.5 Å². The van der Waals surface area contributed by atoms with Crippen LogP contribution in [0.5, 0.6) is 0 Å². The number of esters is 1. The van der Waals surface area contributed by atoms with Crippen LogP contribution >= 0.6 is 12.4 Å². The lowest BCUT2D eigenvalue weighted by Crippen LogP contribution is -2.47. The molecule has 0 fully saturated rings. The van der Waals surface area contributed by atoms with E-state index < -0.39 is 24.1 Å². The lowest BCUT2D eigenvalue weighted by atomic mass is 10.3. The van der Waals surface area contributed by atoms with Crippen molar-refractivity contribution in [3.8, 4) is 0 Å². The first-order chi connectivity index (χ1) is 6.39. The number of ether oxygens (including phenoxy) is 1. The molecule has 0 aliphatic carbocycles. The van der Waals surface area contributed by atoms with Crippen LogP contribution < -0.4 is 5.32 Å². The Morgan fingerprint density at radius 3 is 2.53 bits per heavy atom. The standard InChI is InChI=1S/C7H9F3N2O2.ClH/c1-4(13)14-5-2-11-6(12-3-5)7(8,9)10;/h5H,2-3H2,1H3,(H,11,12);1H. The summed E-state index contributed by atoms with van der Waals surface area (Å²) in [6, 6.07) is 0. The van der Waals surface area contributed by atoms with Crippen molar-refractivity contribution < 1.29 is 22.7 Å². The first kappa shape index (κ1) is 14.0. The van der Waals surface area contributed by atoms with Crippen molar-refractivity contribution in [1.29, 1.82) is 0 Å². The van der Waals surface area contributed by atoms with Crippen molar-refractivity contribution in [2.75, 3.05) is 13.1 Å². The van der Waals surface area contributed by atoms with Crippen molar-refractivity contribution >= 4 is 24.2 Å². The summed E-state index contributed by atoms with van der Waals surface area (Å²) < 4.78 is 40.8. The van der Waals surface area contributed by atoms with Crippen LogP contribution in [0, 0.1) is 0 Å². The zero-order valence-corrected chi connectivity index (χ0v) is 8.61. The van der Waals surface area contributed by atoms with E-state index in [2.05, 4.69) is 15.0 Å². The number of amidine groups is 1. The van der Waals surface area contributed by atoms with Gasteiger partial charge in [0.2, 0.25) is 5.84 Å². The molecule has 1 rings (SSSR count). The minimum Gasteiger partial charge on any atom is -0.459 e. The molecule has 1 atom stereocenters. The molecule has 0 aromatic rings. The molecule has 0 saturated carbocycles. The number of carbonyl (C=O) groups excluding carboxylic acids is 1. The van der Waals surface area contributed by atoms with Crippen molar-refractivity contribution in [2.45, 2.75) is 19.2 Å². The number of halogens is 4. The van der Waals surface area contributed by atoms with Crippen LogP contribution in [0.3, 0.4) is 0 Å². The average molecular weight is 247 g/mol. The summed E-state index contributed by atoms with van der Waals surface area (Å²) in [7, 11) is 0. The van der Waals surface area contributed by atoms with E-state index in [1.807, 2.05) is 0 Å². The van der Waals surface area contributed by atoms with Crippen LogP contribution in [0.2, 0.25) is 0 Å². The van der Waals surface area contributed by atoms with Gasteiger partial charge in [0.1, 0.15) is 6.10 Å². The van der Waals surface area contributed by atoms with Crippen LogP contribution in [-0.2, 0) is 9.53 Å². The van der Waals surface area contributed by atoms with Gasteiger partial charge in [-0.3, -0.25) is 9.79 Å². The molecule has 88 valence electrons. The van der Waals surface area contributed by atoms with Crippen LogP contribution in [0.15, 0.2) is 4.99 Å². The molecule has 4 nitrogen and oxygen atoms in total. The maximum absolute atomic E-state index is 12.0. The number of nitrogens with zero attached hydrogens (tertiary/aromatic N) is 1. The molecular weight excluding hydrogens is 237 g/mol. The van der Waals surface area contributed by atoms with Gasteiger partial charge in [0.05, 0.1) is 13.1 Å². The second kappa shape index (κ2) is 5.20. The fraction of sp³-hybridized carbons (Fsp3) is 0.714. The molecule has 0 radical (unpaired) electrons. The molecular formula is C7H10ClF3N2O2. The zero-order chi connectivity index (χ0) is 10.8. The number of hydrogen-bond acceptors (Lipinski definition) is 4. The lowest BCUT2D eigenvalue weighted by Gasteiger charge is -2.23. The van der Waals surface area contributed by atoms with Crippen molar-refractivity contribution in [1.82, 2.24) is 5.32 Å². The molecule has 8 heteroatoms. The number of carbonyl (C=O) groups is 1. The summed E-state index contributed by atoms with van der Waals surface area (Å²) in [6.07, 6.45) is -5.07. The molecule has 0 bridgehead atoms. The van der Waals surface area contributed by atoms with Gasteiger partial charge in [0, 0.05) is 6.92 Å². The van der Waals surface area contributed by atoms with E-state index in [1.165, 1.54) is 6.92 Å². The average Bonchev–Trinajstić information content (AvgIpc) is 2.02. The summed E-state index contributed by atoms with van der Waals surface area (Å²) in [5.74, 6) is -1.54. The van der Waals surface area contributed by atoms with Crippen LogP contribution in [0.4, 0.5) is 13.2 Å². The third-order valence-corrected chi connectivity index (χ3v) is 1.55. The summed E-state index contributed by atoms with van der Waals surface area (Å²) in [4.78, 5) is 13.7. The van der Waals surface area contributed by atoms with E-state index >= 15 is 0 Å². The van der Waals surface area contributed by atoms with Gasteiger partial charge in [-0.2, -0.15) is 13.2 Å². The molecule has 1 heterocycles. The number of hydrogen-bond donors (Lipinski definition) is 1. The van der Waals surface area contributed by atoms with Gasteiger partial charge in [-0.05, 0) is 0 Å². The lowest BCUT2D eigenvalue weighted by molar-refractivity contribution is -0.145. The summed E-state index contributed by atoms with van der Waals surface area (Å²) in [5, 5.41) is 2.06. The highest BCUT2D eigenvalue weighted by molar-refractivity contribution is 5.88. The predicted octanol–water partition coefficient (Wildman–Crippen LogP) is 0.904. The Labute approximate surface area is 90.3 Å². The van der Waals surface area contributed by atoms with Crippen molar-refractivity contribution in [2.24, 2.45) is 4.99 Å². The monoisotopic (exact) mass is 246 g/mol. The Morgan fingerprint density at radius 2 is 2.20 bits per heavy atom. The molecule has 0 aromatic heterocycles. The Balaban J connectivity index is 0.00000196. The molecule has 0 saturated heterocycles. The van der Waals surface area contributed by atoms with E-state index in [0.717, 1.165) is 0 Å². The topological polar surface area (TPSA) is 50.7 Å². The van der Waals surface area contributed by atoms with Gasteiger partial charge in [0.15, 0.2) is 0 Å². The zero-order valence-electron chi connectivity index (χ0n) is 7.80. The molecule has 1 aliphatic rings. The molecule has 15 heavy (non-hydrogen) atoms. The Hall–Kier alpha value is -0.980. The highest BCUT2D eigenvalue weighted by Gasteiger charge is 2.38. The first-order valence-corrected chi connectivity index (χ1v) is 3.92. The second-order valence-corrected chi connectivity index (χ2v) is 2.80. The predicted molar refractivity (Wildman–Crippen MR) is 49.2 cm³/mol. The highest BCUT2D eigenvalue weighted by Crippen LogP contribution is 2.17. The van der Waals surface area contributed by atoms with Gasteiger partial charge in [-0.15, -0.1) is 12.4 Å². The van der Waals surface area contributed by atoms with E-state index in [0.29, 0.717) is 0 Å². The molecule has 0 amide bonds. The fourth-order valence-corrected chi connectivity index (χ4v) is 1.03. The Bertz CT molecular complexity index is 267. The number of aliphatic imine (C=N–C) groups is 1. The fourth-order valence-electron chi connectivity index (χ4n) is 1.03.